The van der Waals surface area contributed by atoms with Crippen LogP contribution >= 0.6 is 23.8 Å². The van der Waals surface area contributed by atoms with Crippen LogP contribution in [0.4, 0.5) is 11.4 Å². The van der Waals surface area contributed by atoms with E-state index in [1.54, 1.807) is 66.7 Å². The predicted molar refractivity (Wildman–Crippen MR) is 156 cm³/mol. The lowest BCUT2D eigenvalue weighted by Crippen LogP contribution is -2.56. The number of hydrogen-bond donors (Lipinski definition) is 1. The number of carbonyl (C=O) groups is 3. The summed E-state index contributed by atoms with van der Waals surface area (Å²) < 4.78 is 1.89. The quantitative estimate of drug-likeness (QED) is 0.180. The van der Waals surface area contributed by atoms with Crippen LogP contribution in [0.5, 0.6) is 0 Å². The molecular weight excluding hydrogens is 534 g/mol. The van der Waals surface area contributed by atoms with Gasteiger partial charge in [-0.05, 0) is 86.2 Å². The molecule has 1 fully saturated rings. The fraction of sp³-hybridized carbons (Fsp3) is 0.0667. The maximum atomic E-state index is 13.8. The second-order valence-corrected chi connectivity index (χ2v) is 9.70. The highest BCUT2D eigenvalue weighted by Gasteiger charge is 2.41. The van der Waals surface area contributed by atoms with Gasteiger partial charge in [0.25, 0.3) is 11.8 Å². The zero-order valence-electron chi connectivity index (χ0n) is 21.0. The molecule has 4 aromatic rings. The first-order chi connectivity index (χ1) is 18.7. The lowest BCUT2D eigenvalue weighted by Gasteiger charge is -2.36. The number of carboxylic acid groups (broad SMARTS) is 1. The van der Waals surface area contributed by atoms with E-state index in [-0.39, 0.29) is 21.3 Å². The monoisotopic (exact) mass is 555 g/mol. The molecule has 194 valence electrons. The summed E-state index contributed by atoms with van der Waals surface area (Å²) in [6, 6.07) is 24.4. The Hall–Kier alpha value is -4.53. The van der Waals surface area contributed by atoms with Gasteiger partial charge in [-0.3, -0.25) is 19.4 Å². The number of carboxylic acids is 1. The largest absolute Gasteiger partial charge is 0.478 e. The normalized spacial score (nSPS) is 13.7. The number of halogens is 1. The number of benzene rings is 3. The molecule has 1 aliphatic heterocycles. The maximum Gasteiger partial charge on any atom is 0.337 e. The number of aryl methyl sites for hydroxylation is 1. The first kappa shape index (κ1) is 26.1. The van der Waals surface area contributed by atoms with Gasteiger partial charge in [-0.25, -0.2) is 4.79 Å². The van der Waals surface area contributed by atoms with E-state index in [0.717, 1.165) is 11.4 Å². The third-order valence-corrected chi connectivity index (χ3v) is 7.17. The number of amides is 2. The number of anilines is 2. The Balaban J connectivity index is 1.63. The minimum absolute atomic E-state index is 0.00148. The zero-order valence-corrected chi connectivity index (χ0v) is 22.5. The zero-order chi connectivity index (χ0) is 27.8. The van der Waals surface area contributed by atoms with Gasteiger partial charge < -0.3 is 9.67 Å². The van der Waals surface area contributed by atoms with Gasteiger partial charge in [0.15, 0.2) is 5.11 Å². The van der Waals surface area contributed by atoms with Crippen LogP contribution in [-0.2, 0) is 9.59 Å². The molecular formula is C30H22ClN3O4S. The number of nitrogens with zero attached hydrogens (tertiary/aromatic N) is 3. The Bertz CT molecular complexity index is 1620. The van der Waals surface area contributed by atoms with Crippen molar-refractivity contribution in [1.29, 1.82) is 0 Å². The highest BCUT2D eigenvalue weighted by molar-refractivity contribution is 7.81. The molecule has 9 heteroatoms. The molecule has 2 heterocycles. The molecule has 0 saturated carbocycles. The highest BCUT2D eigenvalue weighted by atomic mass is 35.5. The van der Waals surface area contributed by atoms with Crippen molar-refractivity contribution < 1.29 is 19.5 Å². The van der Waals surface area contributed by atoms with Crippen molar-refractivity contribution in [3.8, 4) is 5.69 Å². The van der Waals surface area contributed by atoms with Gasteiger partial charge in [0, 0.05) is 17.1 Å². The Morgan fingerprint density at radius 2 is 1.36 bits per heavy atom. The van der Waals surface area contributed by atoms with Crippen LogP contribution in [0.3, 0.4) is 0 Å². The van der Waals surface area contributed by atoms with Crippen LogP contribution in [0.2, 0.25) is 5.02 Å². The molecule has 1 aliphatic rings. The van der Waals surface area contributed by atoms with E-state index in [2.05, 4.69) is 0 Å². The Labute approximate surface area is 235 Å². The van der Waals surface area contributed by atoms with Gasteiger partial charge >= 0.3 is 5.97 Å². The van der Waals surface area contributed by atoms with E-state index < -0.39 is 17.8 Å². The molecule has 0 atom stereocenters. The second-order valence-electron chi connectivity index (χ2n) is 8.92. The number of aromatic nitrogens is 1. The number of rotatable bonds is 5. The number of hydrogen-bond acceptors (Lipinski definition) is 4. The van der Waals surface area contributed by atoms with Crippen LogP contribution in [0.1, 0.15) is 27.3 Å². The Morgan fingerprint density at radius 1 is 0.821 bits per heavy atom. The average molecular weight is 556 g/mol. The summed E-state index contributed by atoms with van der Waals surface area (Å²) in [6.45, 7) is 3.73. The van der Waals surface area contributed by atoms with Gasteiger partial charge in [-0.15, -0.1) is 0 Å². The summed E-state index contributed by atoms with van der Waals surface area (Å²) in [5, 5.41) is 9.49. The fourth-order valence-electron chi connectivity index (χ4n) is 4.64. The van der Waals surface area contributed by atoms with Gasteiger partial charge in [0.2, 0.25) is 0 Å². The molecule has 39 heavy (non-hydrogen) atoms. The number of aromatic carboxylic acids is 1. The third-order valence-electron chi connectivity index (χ3n) is 6.49. The van der Waals surface area contributed by atoms with E-state index in [0.29, 0.717) is 22.6 Å². The maximum absolute atomic E-state index is 13.8. The van der Waals surface area contributed by atoms with Gasteiger partial charge in [-0.2, -0.15) is 0 Å². The van der Waals surface area contributed by atoms with Crippen molar-refractivity contribution >= 4 is 64.2 Å². The van der Waals surface area contributed by atoms with Crippen LogP contribution in [-0.4, -0.2) is 32.6 Å². The summed E-state index contributed by atoms with van der Waals surface area (Å²) in [7, 11) is 0. The van der Waals surface area contributed by atoms with Crippen LogP contribution in [0, 0.1) is 13.8 Å². The molecule has 1 aromatic heterocycles. The van der Waals surface area contributed by atoms with E-state index >= 15 is 0 Å². The SMILES string of the molecule is Cc1cc(C=C2C(=O)N(c3ccccc3)C(=S)N(c3ccccc3)C2=O)c(C)n1-c1ccc(C(=O)O)c(Cl)c1. The highest BCUT2D eigenvalue weighted by Crippen LogP contribution is 2.32. The molecule has 5 rings (SSSR count). The predicted octanol–water partition coefficient (Wildman–Crippen LogP) is 6.19. The van der Waals surface area contributed by atoms with Crippen molar-refractivity contribution in [2.45, 2.75) is 13.8 Å². The molecule has 0 spiro atoms. The number of thiocarbonyl (C=S) groups is 1. The standard InChI is InChI=1S/C30H22ClN3O4S/c1-18-15-20(19(2)32(18)23-13-14-24(29(37)38)26(31)17-23)16-25-27(35)33(21-9-5-3-6-10-21)30(39)34(28(25)36)22-11-7-4-8-12-22/h3-17H,1-2H3,(H,37,38). The minimum atomic E-state index is -1.11. The van der Waals surface area contributed by atoms with Gasteiger partial charge in [-0.1, -0.05) is 48.0 Å². The molecule has 3 aromatic carbocycles. The smallest absolute Gasteiger partial charge is 0.337 e. The molecule has 0 unspecified atom stereocenters. The third kappa shape index (κ3) is 4.65. The van der Waals surface area contributed by atoms with Gasteiger partial charge in [0.05, 0.1) is 22.0 Å². The van der Waals surface area contributed by atoms with Crippen molar-refractivity contribution in [3.05, 3.63) is 118 Å². The molecule has 0 bridgehead atoms. The minimum Gasteiger partial charge on any atom is -0.478 e. The first-order valence-corrected chi connectivity index (χ1v) is 12.7. The second kappa shape index (κ2) is 10.3. The fourth-order valence-corrected chi connectivity index (χ4v) is 5.27. The first-order valence-electron chi connectivity index (χ1n) is 12.0. The van der Waals surface area contributed by atoms with Crippen molar-refractivity contribution in [1.82, 2.24) is 4.57 Å². The number of para-hydroxylation sites is 2. The summed E-state index contributed by atoms with van der Waals surface area (Å²) in [5.41, 5.74) is 3.91. The molecule has 1 saturated heterocycles. The van der Waals surface area contributed by atoms with Crippen LogP contribution in [0.25, 0.3) is 11.8 Å². The molecule has 0 radical (unpaired) electrons. The average Bonchev–Trinajstić information content (AvgIpc) is 3.20. The van der Waals surface area contributed by atoms with E-state index in [9.17, 15) is 19.5 Å². The van der Waals surface area contributed by atoms with Crippen LogP contribution < -0.4 is 9.80 Å². The molecule has 1 N–H and O–H groups in total. The molecule has 0 aliphatic carbocycles. The van der Waals surface area contributed by atoms with E-state index in [4.69, 9.17) is 23.8 Å². The summed E-state index contributed by atoms with van der Waals surface area (Å²) in [5.74, 6) is -2.17. The lowest BCUT2D eigenvalue weighted by molar-refractivity contribution is -0.120. The van der Waals surface area contributed by atoms with Crippen molar-refractivity contribution in [3.63, 3.8) is 0 Å². The lowest BCUT2D eigenvalue weighted by atomic mass is 10.1. The van der Waals surface area contributed by atoms with Gasteiger partial charge in [0.1, 0.15) is 5.57 Å². The summed E-state index contributed by atoms with van der Waals surface area (Å²) in [6.07, 6.45) is 1.57. The molecule has 2 amide bonds. The van der Waals surface area contributed by atoms with Crippen molar-refractivity contribution in [2.75, 3.05) is 9.80 Å². The van der Waals surface area contributed by atoms with E-state index in [1.165, 1.54) is 15.9 Å². The van der Waals surface area contributed by atoms with E-state index in [1.807, 2.05) is 36.6 Å². The molecule has 7 nitrogen and oxygen atoms in total. The Morgan fingerprint density at radius 3 is 1.85 bits per heavy atom. The summed E-state index contributed by atoms with van der Waals surface area (Å²) >= 11 is 11.9. The number of carbonyl (C=O) groups excluding carboxylic acids is 2. The van der Waals surface area contributed by atoms with Crippen molar-refractivity contribution in [2.24, 2.45) is 0 Å². The topological polar surface area (TPSA) is 82.9 Å². The Kier molecular flexibility index (Phi) is 6.91. The summed E-state index contributed by atoms with van der Waals surface area (Å²) in [4.78, 5) is 41.7. The van der Waals surface area contributed by atoms with Crippen LogP contribution in [0.15, 0.2) is 90.5 Å².